The summed E-state index contributed by atoms with van der Waals surface area (Å²) < 4.78 is 13.6. The number of benzene rings is 4. The van der Waals surface area contributed by atoms with Gasteiger partial charge in [-0.1, -0.05) is 60.1 Å². The van der Waals surface area contributed by atoms with Crippen LogP contribution in [0, 0.1) is 5.82 Å². The lowest BCUT2D eigenvalue weighted by atomic mass is 9.96. The number of amides is 1. The number of carbonyl (C=O) groups is 1. The average Bonchev–Trinajstić information content (AvgIpc) is 3.06. The Morgan fingerprint density at radius 1 is 0.867 bits per heavy atom. The number of halogens is 2. The highest BCUT2D eigenvalue weighted by Crippen LogP contribution is 2.42. The van der Waals surface area contributed by atoms with Gasteiger partial charge >= 0.3 is 0 Å². The number of rotatable bonds is 2. The minimum absolute atomic E-state index is 0.0919. The number of aliphatic hydroxyl groups excluding tert-OH is 1. The van der Waals surface area contributed by atoms with E-state index in [0.717, 1.165) is 21.9 Å². The van der Waals surface area contributed by atoms with Crippen LogP contribution in [0.3, 0.4) is 0 Å². The maximum Gasteiger partial charge on any atom is 0.260 e. The first-order valence-electron chi connectivity index (χ1n) is 9.35. The minimum atomic E-state index is -0.494. The van der Waals surface area contributed by atoms with Gasteiger partial charge < -0.3 is 10.4 Å². The van der Waals surface area contributed by atoms with E-state index < -0.39 is 11.7 Å². The SMILES string of the molecule is O=C1Nc2cc(Cl)c(-c3ccc4ccccc4c3)cc2/C1=C(/O)c1cccc(F)c1. The summed E-state index contributed by atoms with van der Waals surface area (Å²) in [5.74, 6) is -1.23. The Bertz CT molecular complexity index is 1380. The molecule has 0 spiro atoms. The Balaban J connectivity index is 1.69. The third-order valence-corrected chi connectivity index (χ3v) is 5.56. The molecule has 0 aliphatic carbocycles. The molecule has 0 radical (unpaired) electrons. The number of carbonyl (C=O) groups excluding carboxylic acids is 1. The van der Waals surface area contributed by atoms with Crippen molar-refractivity contribution in [1.29, 1.82) is 0 Å². The van der Waals surface area contributed by atoms with Gasteiger partial charge in [0.15, 0.2) is 0 Å². The van der Waals surface area contributed by atoms with Crippen LogP contribution in [-0.4, -0.2) is 11.0 Å². The van der Waals surface area contributed by atoms with E-state index >= 15 is 0 Å². The van der Waals surface area contributed by atoms with Gasteiger partial charge in [-0.05, 0) is 46.7 Å². The highest BCUT2D eigenvalue weighted by atomic mass is 35.5. The molecule has 5 heteroatoms. The molecule has 1 aliphatic rings. The van der Waals surface area contributed by atoms with Gasteiger partial charge in [0.25, 0.3) is 5.91 Å². The van der Waals surface area contributed by atoms with Gasteiger partial charge in [-0.3, -0.25) is 4.79 Å². The number of hydrogen-bond acceptors (Lipinski definition) is 2. The van der Waals surface area contributed by atoms with Crippen molar-refractivity contribution in [2.24, 2.45) is 0 Å². The zero-order valence-corrected chi connectivity index (χ0v) is 16.4. The average molecular weight is 416 g/mol. The number of aliphatic hydroxyl groups is 1. The van der Waals surface area contributed by atoms with Crippen molar-refractivity contribution in [2.45, 2.75) is 0 Å². The summed E-state index contributed by atoms with van der Waals surface area (Å²) in [5, 5.41) is 16.1. The van der Waals surface area contributed by atoms with Crippen molar-refractivity contribution in [3.8, 4) is 11.1 Å². The summed E-state index contributed by atoms with van der Waals surface area (Å²) >= 11 is 6.53. The van der Waals surface area contributed by atoms with E-state index in [1.807, 2.05) is 42.5 Å². The molecular formula is C25H15ClFNO2. The summed E-state index contributed by atoms with van der Waals surface area (Å²) in [6, 6.07) is 23.0. The predicted molar refractivity (Wildman–Crippen MR) is 119 cm³/mol. The first-order chi connectivity index (χ1) is 14.5. The Morgan fingerprint density at radius 3 is 2.47 bits per heavy atom. The van der Waals surface area contributed by atoms with E-state index in [0.29, 0.717) is 16.3 Å². The molecule has 4 aromatic rings. The molecule has 0 unspecified atom stereocenters. The van der Waals surface area contributed by atoms with E-state index in [2.05, 4.69) is 5.32 Å². The van der Waals surface area contributed by atoms with Gasteiger partial charge in [-0.2, -0.15) is 0 Å². The zero-order valence-electron chi connectivity index (χ0n) is 15.6. The second-order valence-corrected chi connectivity index (χ2v) is 7.53. The minimum Gasteiger partial charge on any atom is -0.506 e. The summed E-state index contributed by atoms with van der Waals surface area (Å²) in [5.41, 5.74) is 2.99. The number of fused-ring (bicyclic) bond motifs is 2. The van der Waals surface area contributed by atoms with E-state index in [9.17, 15) is 14.3 Å². The molecule has 1 heterocycles. The molecule has 1 amide bonds. The fourth-order valence-electron chi connectivity index (χ4n) is 3.78. The zero-order chi connectivity index (χ0) is 20.8. The van der Waals surface area contributed by atoms with Crippen molar-refractivity contribution in [2.75, 3.05) is 5.32 Å². The lowest BCUT2D eigenvalue weighted by molar-refractivity contribution is -0.110. The van der Waals surface area contributed by atoms with Gasteiger partial charge in [0, 0.05) is 16.7 Å². The van der Waals surface area contributed by atoms with Crippen LogP contribution >= 0.6 is 11.6 Å². The number of hydrogen-bond donors (Lipinski definition) is 2. The van der Waals surface area contributed by atoms with E-state index in [-0.39, 0.29) is 16.9 Å². The Labute approximate surface area is 177 Å². The van der Waals surface area contributed by atoms with Crippen LogP contribution in [0.4, 0.5) is 10.1 Å². The molecule has 5 rings (SSSR count). The van der Waals surface area contributed by atoms with Crippen LogP contribution in [0.25, 0.3) is 33.2 Å². The highest BCUT2D eigenvalue weighted by Gasteiger charge is 2.30. The van der Waals surface area contributed by atoms with Crippen LogP contribution < -0.4 is 5.32 Å². The van der Waals surface area contributed by atoms with Crippen LogP contribution in [0.1, 0.15) is 11.1 Å². The lowest BCUT2D eigenvalue weighted by Gasteiger charge is -2.10. The molecular weight excluding hydrogens is 401 g/mol. The van der Waals surface area contributed by atoms with Crippen LogP contribution in [0.2, 0.25) is 5.02 Å². The Kier molecular flexibility index (Phi) is 4.30. The monoisotopic (exact) mass is 415 g/mol. The smallest absolute Gasteiger partial charge is 0.260 e. The summed E-state index contributed by atoms with van der Waals surface area (Å²) in [4.78, 5) is 12.6. The molecule has 1 aliphatic heterocycles. The van der Waals surface area contributed by atoms with Crippen LogP contribution in [-0.2, 0) is 4.79 Å². The molecule has 0 saturated heterocycles. The van der Waals surface area contributed by atoms with E-state index in [4.69, 9.17) is 11.6 Å². The van der Waals surface area contributed by atoms with Gasteiger partial charge in [-0.15, -0.1) is 0 Å². The molecule has 0 bridgehead atoms. The van der Waals surface area contributed by atoms with E-state index in [1.165, 1.54) is 18.2 Å². The first-order valence-corrected chi connectivity index (χ1v) is 9.73. The summed E-state index contributed by atoms with van der Waals surface area (Å²) in [7, 11) is 0. The maximum atomic E-state index is 13.6. The second-order valence-electron chi connectivity index (χ2n) is 7.13. The predicted octanol–water partition coefficient (Wildman–Crippen LogP) is 6.68. The van der Waals surface area contributed by atoms with Gasteiger partial charge in [0.2, 0.25) is 0 Å². The van der Waals surface area contributed by atoms with Crippen molar-refractivity contribution < 1.29 is 14.3 Å². The lowest BCUT2D eigenvalue weighted by Crippen LogP contribution is -2.05. The van der Waals surface area contributed by atoms with Crippen LogP contribution in [0.15, 0.2) is 78.9 Å². The maximum absolute atomic E-state index is 13.6. The van der Waals surface area contributed by atoms with E-state index in [1.54, 1.807) is 18.2 Å². The summed E-state index contributed by atoms with van der Waals surface area (Å²) in [6.07, 6.45) is 0. The second kappa shape index (κ2) is 7.01. The molecule has 0 aromatic heterocycles. The third kappa shape index (κ3) is 3.02. The molecule has 0 fully saturated rings. The molecule has 0 atom stereocenters. The van der Waals surface area contributed by atoms with Gasteiger partial charge in [0.1, 0.15) is 11.6 Å². The fraction of sp³-hybridized carbons (Fsp3) is 0. The largest absolute Gasteiger partial charge is 0.506 e. The third-order valence-electron chi connectivity index (χ3n) is 5.25. The highest BCUT2D eigenvalue weighted by molar-refractivity contribution is 6.38. The van der Waals surface area contributed by atoms with Crippen molar-refractivity contribution in [3.05, 3.63) is 101 Å². The molecule has 30 heavy (non-hydrogen) atoms. The molecule has 0 saturated carbocycles. The van der Waals surface area contributed by atoms with Crippen molar-refractivity contribution in [3.63, 3.8) is 0 Å². The summed E-state index contributed by atoms with van der Waals surface area (Å²) in [6.45, 7) is 0. The molecule has 3 nitrogen and oxygen atoms in total. The normalized spacial score (nSPS) is 14.5. The number of anilines is 1. The van der Waals surface area contributed by atoms with Gasteiger partial charge in [0.05, 0.1) is 16.3 Å². The molecule has 2 N–H and O–H groups in total. The quantitative estimate of drug-likeness (QED) is 0.283. The van der Waals surface area contributed by atoms with Gasteiger partial charge in [-0.25, -0.2) is 4.39 Å². The van der Waals surface area contributed by atoms with Crippen LogP contribution in [0.5, 0.6) is 0 Å². The molecule has 4 aromatic carbocycles. The topological polar surface area (TPSA) is 49.3 Å². The Morgan fingerprint density at radius 2 is 1.67 bits per heavy atom. The Hall–Kier alpha value is -3.63. The number of nitrogens with one attached hydrogen (secondary N) is 1. The van der Waals surface area contributed by atoms with Crippen molar-refractivity contribution >= 4 is 45.3 Å². The molecule has 146 valence electrons. The standard InChI is InChI=1S/C25H15ClFNO2/c26-21-13-22-20(12-19(21)16-9-8-14-4-1-2-5-15(14)10-16)23(25(30)28-22)24(29)17-6-3-7-18(27)11-17/h1-13,29H,(H,28,30)/b24-23-. The van der Waals surface area contributed by atoms with Crippen molar-refractivity contribution in [1.82, 2.24) is 0 Å². The first kappa shape index (κ1) is 18.4. The fourth-order valence-corrected chi connectivity index (χ4v) is 4.06.